The summed E-state index contributed by atoms with van der Waals surface area (Å²) in [6, 6.07) is 2.62. The molecule has 6 saturated carbocycles. The summed E-state index contributed by atoms with van der Waals surface area (Å²) in [5.74, 6) is 15.2. The minimum Gasteiger partial charge on any atom is -0.168 e. The lowest BCUT2D eigenvalue weighted by Gasteiger charge is -2.44. The molecule has 16 atom stereocenters. The molecular weight excluding hydrogens is 632 g/mol. The molecule has 0 N–H and O–H groups in total. The van der Waals surface area contributed by atoms with E-state index in [-0.39, 0.29) is 0 Å². The molecule has 0 aliphatic heterocycles. The van der Waals surface area contributed by atoms with E-state index >= 15 is 0 Å². The highest BCUT2D eigenvalue weighted by Crippen LogP contribution is 2.66. The number of hydrogen-bond acceptors (Lipinski definition) is 0. The van der Waals surface area contributed by atoms with Gasteiger partial charge in [-0.05, 0) is 158 Å². The van der Waals surface area contributed by atoms with Crippen molar-refractivity contribution in [1.29, 1.82) is 0 Å². The predicted molar refractivity (Wildman–Crippen MR) is 208 cm³/mol. The summed E-state index contributed by atoms with van der Waals surface area (Å²) < 4.78 is 0. The first-order valence-electron chi connectivity index (χ1n) is 19.7. The smallest absolute Gasteiger partial charge is 0.150 e. The lowest BCUT2D eigenvalue weighted by atomic mass is 9.61. The van der Waals surface area contributed by atoms with Gasteiger partial charge in [-0.25, -0.2) is 0 Å². The first-order valence-corrected chi connectivity index (χ1v) is 28.2. The second-order valence-corrected chi connectivity index (χ2v) is 33.1. The van der Waals surface area contributed by atoms with E-state index in [2.05, 4.69) is 89.6 Å². The van der Waals surface area contributed by atoms with Gasteiger partial charge in [0, 0.05) is 0 Å². The first kappa shape index (κ1) is 35.8. The van der Waals surface area contributed by atoms with E-state index in [0.29, 0.717) is 0 Å². The van der Waals surface area contributed by atoms with E-state index < -0.39 is 14.8 Å². The van der Waals surface area contributed by atoms with Crippen molar-refractivity contribution >= 4 is 36.9 Å². The maximum atomic E-state index is 6.61. The molecule has 0 saturated heterocycles. The van der Waals surface area contributed by atoms with Crippen LogP contribution in [0.3, 0.4) is 0 Å². The Bertz CT molecular complexity index is 1130. The van der Waals surface area contributed by atoms with Gasteiger partial charge in [-0.3, -0.25) is 0 Å². The van der Waals surface area contributed by atoms with Gasteiger partial charge in [0.25, 0.3) is 0 Å². The Labute approximate surface area is 296 Å². The molecule has 0 amide bonds. The third-order valence-electron chi connectivity index (χ3n) is 15.2. The van der Waals surface area contributed by atoms with E-state index in [1.807, 2.05) is 0 Å². The molecule has 0 radical (unpaired) electrons. The van der Waals surface area contributed by atoms with Crippen LogP contribution in [0.5, 0.6) is 0 Å². The Morgan fingerprint density at radius 1 is 0.587 bits per heavy atom. The second kappa shape index (κ2) is 14.3. The van der Waals surface area contributed by atoms with Gasteiger partial charge in [-0.1, -0.05) is 89.3 Å². The zero-order chi connectivity index (χ0) is 33.0. The van der Waals surface area contributed by atoms with Gasteiger partial charge in [-0.2, -0.15) is 22.2 Å². The van der Waals surface area contributed by atoms with Crippen LogP contribution in [-0.2, 0) is 0 Å². The van der Waals surface area contributed by atoms with Gasteiger partial charge in [0.2, 0.25) is 0 Å². The Kier molecular flexibility index (Phi) is 11.1. The molecule has 258 valence electrons. The molecule has 0 aromatic heterocycles. The highest BCUT2D eigenvalue weighted by molar-refractivity contribution is 7.19. The number of rotatable bonds is 9. The summed E-state index contributed by atoms with van der Waals surface area (Å²) in [7, 11) is -2.70. The topological polar surface area (TPSA) is 0 Å². The highest BCUT2D eigenvalue weighted by Gasteiger charge is 2.59. The summed E-state index contributed by atoms with van der Waals surface area (Å²) in [4.78, 5) is 0. The van der Waals surface area contributed by atoms with Crippen molar-refractivity contribution in [3.63, 3.8) is 0 Å². The molecule has 0 heterocycles. The molecule has 8 rings (SSSR count). The van der Waals surface area contributed by atoms with Crippen molar-refractivity contribution in [3.05, 3.63) is 49.6 Å². The standard InChI is InChI=1S/C22H37ClSi.C11H19ClSi.C9H12/c1-6-15-9-17-11-20(15)22(13(17)2)21-14(3)19-12-18(21)10-16(19)7-8-24(4,5)23;1-13(2,12)6-5-11-8-9-3-4-10(11)7-9;1-2-8-5-7-3-4-9(8)6-7/h6,13-22H,1,7-12H2,2-5H3;3-4,9-11H,5-8H2,1-2H3;2-4,7-9H,1,5-6H2. The summed E-state index contributed by atoms with van der Waals surface area (Å²) >= 11 is 12.9. The van der Waals surface area contributed by atoms with Crippen LogP contribution in [0.1, 0.15) is 78.1 Å². The summed E-state index contributed by atoms with van der Waals surface area (Å²) in [5.41, 5.74) is 0. The van der Waals surface area contributed by atoms with E-state index in [9.17, 15) is 0 Å². The molecule has 6 fully saturated rings. The van der Waals surface area contributed by atoms with Crippen molar-refractivity contribution in [1.82, 2.24) is 0 Å². The maximum absolute atomic E-state index is 6.61. The van der Waals surface area contributed by atoms with Gasteiger partial charge in [-0.15, -0.1) is 13.2 Å². The number of fused-ring (bicyclic) bond motifs is 8. The van der Waals surface area contributed by atoms with Crippen LogP contribution in [-0.4, -0.2) is 14.8 Å². The van der Waals surface area contributed by atoms with Crippen molar-refractivity contribution in [3.8, 4) is 0 Å². The lowest BCUT2D eigenvalue weighted by molar-refractivity contribution is 0.0447. The Balaban J connectivity index is 0.000000140. The fourth-order valence-corrected chi connectivity index (χ4v) is 15.6. The molecule has 16 unspecified atom stereocenters. The average molecular weight is 700 g/mol. The number of hydrogen-bond donors (Lipinski definition) is 0. The van der Waals surface area contributed by atoms with Crippen LogP contribution >= 0.6 is 22.2 Å². The van der Waals surface area contributed by atoms with Gasteiger partial charge in [0.15, 0.2) is 14.8 Å². The van der Waals surface area contributed by atoms with Crippen molar-refractivity contribution in [2.75, 3.05) is 0 Å². The van der Waals surface area contributed by atoms with E-state index in [0.717, 1.165) is 94.7 Å². The highest BCUT2D eigenvalue weighted by atomic mass is 35.6. The number of allylic oxidation sites excluding steroid dienone is 6. The van der Waals surface area contributed by atoms with Gasteiger partial charge in [0.05, 0.1) is 0 Å². The summed E-state index contributed by atoms with van der Waals surface area (Å²) in [6.45, 7) is 22.4. The van der Waals surface area contributed by atoms with Crippen molar-refractivity contribution < 1.29 is 0 Å². The summed E-state index contributed by atoms with van der Waals surface area (Å²) in [6.07, 6.45) is 28.5. The fraction of sp³-hybridized carbons (Fsp3) is 0.810. The van der Waals surface area contributed by atoms with Crippen LogP contribution in [0.15, 0.2) is 49.6 Å². The molecule has 46 heavy (non-hydrogen) atoms. The van der Waals surface area contributed by atoms with Crippen LogP contribution in [0.2, 0.25) is 38.3 Å². The first-order chi connectivity index (χ1) is 21.7. The van der Waals surface area contributed by atoms with E-state index in [1.165, 1.54) is 69.9 Å². The van der Waals surface area contributed by atoms with Crippen molar-refractivity contribution in [2.45, 2.75) is 116 Å². The molecule has 0 spiro atoms. The lowest BCUT2D eigenvalue weighted by Crippen LogP contribution is -2.39. The van der Waals surface area contributed by atoms with Crippen molar-refractivity contribution in [2.24, 2.45) is 94.7 Å². The molecular formula is C42H68Cl2Si2. The van der Waals surface area contributed by atoms with E-state index in [4.69, 9.17) is 22.2 Å². The molecule has 0 aromatic rings. The molecule has 8 aliphatic rings. The Morgan fingerprint density at radius 2 is 1.17 bits per heavy atom. The zero-order valence-electron chi connectivity index (χ0n) is 30.4. The maximum Gasteiger partial charge on any atom is 0.150 e. The molecule has 0 aromatic carbocycles. The predicted octanol–water partition coefficient (Wildman–Crippen LogP) is 13.2. The monoisotopic (exact) mass is 698 g/mol. The third-order valence-corrected chi connectivity index (χ3v) is 19.3. The van der Waals surface area contributed by atoms with E-state index in [1.54, 1.807) is 6.42 Å². The molecule has 4 heteroatoms. The van der Waals surface area contributed by atoms with Crippen LogP contribution in [0, 0.1) is 94.7 Å². The second-order valence-electron chi connectivity index (χ2n) is 19.1. The normalized spacial score (nSPS) is 47.2. The fourth-order valence-electron chi connectivity index (χ4n) is 12.9. The Hall–Kier alpha value is -0.0262. The largest absolute Gasteiger partial charge is 0.168 e. The minimum absolute atomic E-state index is 0.806. The molecule has 8 bridgehead atoms. The zero-order valence-corrected chi connectivity index (χ0v) is 33.9. The minimum atomic E-state index is -1.39. The summed E-state index contributed by atoms with van der Waals surface area (Å²) in [5, 5.41) is 0. The SMILES string of the molecule is C=CC1CC2C=CC1C2.C=CC1CC2CC1C(C1C3CC(CC[Si](C)(C)Cl)C(C3)C1C)C2C.C[Si](C)(Cl)CCC1CC2C=CC1C2. The van der Waals surface area contributed by atoms with Crippen LogP contribution in [0.25, 0.3) is 0 Å². The molecule has 0 nitrogen and oxygen atoms in total. The quantitative estimate of drug-likeness (QED) is 0.128. The van der Waals surface area contributed by atoms with Gasteiger partial charge < -0.3 is 0 Å². The number of halogens is 2. The van der Waals surface area contributed by atoms with Gasteiger partial charge >= 0.3 is 0 Å². The Morgan fingerprint density at radius 3 is 1.63 bits per heavy atom. The molecule has 8 aliphatic carbocycles. The average Bonchev–Trinajstić information content (AvgIpc) is 3.85. The third kappa shape index (κ3) is 7.81. The van der Waals surface area contributed by atoms with Crippen LogP contribution < -0.4 is 0 Å². The van der Waals surface area contributed by atoms with Crippen LogP contribution in [0.4, 0.5) is 0 Å². The van der Waals surface area contributed by atoms with Gasteiger partial charge in [0.1, 0.15) is 0 Å².